The summed E-state index contributed by atoms with van der Waals surface area (Å²) >= 11 is 6.54. The lowest BCUT2D eigenvalue weighted by Crippen LogP contribution is -2.48. The molecule has 5 heteroatoms. The van der Waals surface area contributed by atoms with Crippen molar-refractivity contribution in [3.8, 4) is 0 Å². The van der Waals surface area contributed by atoms with Crippen molar-refractivity contribution in [1.82, 2.24) is 5.43 Å². The van der Waals surface area contributed by atoms with Crippen molar-refractivity contribution in [1.29, 1.82) is 0 Å². The first-order valence-electron chi connectivity index (χ1n) is 9.74. The molecule has 0 radical (unpaired) electrons. The number of hydrazone groups is 1. The number of nitrogens with zero attached hydrogens (tertiary/aromatic N) is 2. The molecule has 2 aromatic rings. The molecule has 28 heavy (non-hydrogen) atoms. The highest BCUT2D eigenvalue weighted by molar-refractivity contribution is 6.33. The number of benzene rings is 2. The Labute approximate surface area is 172 Å². The topological polar surface area (TPSA) is 44.7 Å². The van der Waals surface area contributed by atoms with Crippen LogP contribution in [0.5, 0.6) is 0 Å². The van der Waals surface area contributed by atoms with Crippen molar-refractivity contribution in [2.24, 2.45) is 5.10 Å². The quantitative estimate of drug-likeness (QED) is 0.545. The molecule has 0 saturated heterocycles. The van der Waals surface area contributed by atoms with Crippen LogP contribution in [-0.2, 0) is 0 Å². The second-order valence-electron chi connectivity index (χ2n) is 8.16. The van der Waals surface area contributed by atoms with Gasteiger partial charge in [-0.15, -0.1) is 0 Å². The maximum absolute atomic E-state index is 12.2. The molecule has 1 aliphatic rings. The van der Waals surface area contributed by atoms with Gasteiger partial charge >= 0.3 is 0 Å². The average molecular weight is 398 g/mol. The third-order valence-corrected chi connectivity index (χ3v) is 5.83. The first-order valence-corrected chi connectivity index (χ1v) is 10.1. The van der Waals surface area contributed by atoms with Crippen LogP contribution in [0.3, 0.4) is 0 Å². The van der Waals surface area contributed by atoms with Gasteiger partial charge in [-0.2, -0.15) is 5.10 Å². The van der Waals surface area contributed by atoms with E-state index in [1.165, 1.54) is 11.3 Å². The van der Waals surface area contributed by atoms with E-state index in [0.29, 0.717) is 16.5 Å². The Bertz CT molecular complexity index is 903. The van der Waals surface area contributed by atoms with E-state index in [-0.39, 0.29) is 11.4 Å². The Hall–Kier alpha value is -2.33. The van der Waals surface area contributed by atoms with Gasteiger partial charge in [0.05, 0.1) is 11.2 Å². The number of carbonyl (C=O) groups is 1. The lowest BCUT2D eigenvalue weighted by molar-refractivity contribution is 0.0955. The number of hydrogen-bond donors (Lipinski definition) is 1. The van der Waals surface area contributed by atoms with E-state index in [2.05, 4.69) is 49.2 Å². The van der Waals surface area contributed by atoms with Crippen molar-refractivity contribution >= 4 is 29.4 Å². The largest absolute Gasteiger partial charge is 0.366 e. The third kappa shape index (κ3) is 4.07. The fourth-order valence-corrected chi connectivity index (χ4v) is 4.36. The molecule has 1 unspecified atom stereocenters. The molecule has 1 aliphatic heterocycles. The van der Waals surface area contributed by atoms with E-state index < -0.39 is 0 Å². The molecule has 1 N–H and O–H groups in total. The van der Waals surface area contributed by atoms with E-state index in [1.54, 1.807) is 18.3 Å². The molecule has 0 bridgehead atoms. The Balaban J connectivity index is 1.82. The van der Waals surface area contributed by atoms with Crippen molar-refractivity contribution in [3.05, 3.63) is 63.7 Å². The van der Waals surface area contributed by atoms with Crippen molar-refractivity contribution in [2.45, 2.75) is 52.5 Å². The predicted octanol–water partition coefficient (Wildman–Crippen LogP) is 5.52. The first kappa shape index (κ1) is 20.4. The van der Waals surface area contributed by atoms with Crippen LogP contribution in [0.2, 0.25) is 5.02 Å². The van der Waals surface area contributed by atoms with E-state index in [9.17, 15) is 4.79 Å². The maximum atomic E-state index is 12.2. The molecule has 148 valence electrons. The summed E-state index contributed by atoms with van der Waals surface area (Å²) in [5.74, 6) is 0.192. The molecule has 0 spiro atoms. The van der Waals surface area contributed by atoms with Crippen LogP contribution in [0.15, 0.2) is 41.5 Å². The third-order valence-electron chi connectivity index (χ3n) is 5.50. The summed E-state index contributed by atoms with van der Waals surface area (Å²) in [5, 5.41) is 4.75. The molecule has 0 aromatic heterocycles. The number of halogens is 1. The first-order chi connectivity index (χ1) is 13.2. The lowest BCUT2D eigenvalue weighted by Gasteiger charge is -2.47. The number of rotatable bonds is 4. The van der Waals surface area contributed by atoms with Crippen LogP contribution in [-0.4, -0.2) is 24.2 Å². The van der Waals surface area contributed by atoms with Crippen molar-refractivity contribution in [2.75, 3.05) is 11.4 Å². The average Bonchev–Trinajstić information content (AvgIpc) is 2.62. The SMILES string of the molecule is CCN1c2cc(Cl)c(/C=N\NC(=O)c3ccc(C)cc3)cc2C(C)CC1(C)C. The van der Waals surface area contributed by atoms with Gasteiger partial charge in [0.1, 0.15) is 0 Å². The van der Waals surface area contributed by atoms with E-state index in [1.807, 2.05) is 25.1 Å². The smallest absolute Gasteiger partial charge is 0.271 e. The summed E-state index contributed by atoms with van der Waals surface area (Å²) in [7, 11) is 0. The van der Waals surface area contributed by atoms with Gasteiger partial charge in [0.2, 0.25) is 0 Å². The highest BCUT2D eigenvalue weighted by atomic mass is 35.5. The van der Waals surface area contributed by atoms with Gasteiger partial charge in [-0.25, -0.2) is 5.43 Å². The normalized spacial score (nSPS) is 18.2. The highest BCUT2D eigenvalue weighted by Gasteiger charge is 2.35. The summed E-state index contributed by atoms with van der Waals surface area (Å²) in [6.45, 7) is 11.9. The van der Waals surface area contributed by atoms with Crippen LogP contribution in [0, 0.1) is 6.92 Å². The number of carbonyl (C=O) groups excluding carboxylic acids is 1. The van der Waals surface area contributed by atoms with Gasteiger partial charge in [0.15, 0.2) is 0 Å². The summed E-state index contributed by atoms with van der Waals surface area (Å²) in [6.07, 6.45) is 2.70. The summed E-state index contributed by atoms with van der Waals surface area (Å²) in [6, 6.07) is 11.5. The fraction of sp³-hybridized carbons (Fsp3) is 0.391. The van der Waals surface area contributed by atoms with Gasteiger partial charge in [-0.3, -0.25) is 4.79 Å². The van der Waals surface area contributed by atoms with Gasteiger partial charge < -0.3 is 4.90 Å². The molecule has 0 fully saturated rings. The van der Waals surface area contributed by atoms with Gasteiger partial charge in [-0.05, 0) is 69.9 Å². The number of aryl methyl sites for hydroxylation is 1. The number of fused-ring (bicyclic) bond motifs is 1. The summed E-state index contributed by atoms with van der Waals surface area (Å²) in [5.41, 5.74) is 7.65. The fourth-order valence-electron chi connectivity index (χ4n) is 4.15. The number of nitrogens with one attached hydrogen (secondary N) is 1. The van der Waals surface area contributed by atoms with Crippen molar-refractivity contribution in [3.63, 3.8) is 0 Å². The van der Waals surface area contributed by atoms with E-state index in [0.717, 1.165) is 24.1 Å². The monoisotopic (exact) mass is 397 g/mol. The molecular formula is C23H28ClN3O. The Morgan fingerprint density at radius 3 is 2.64 bits per heavy atom. The molecule has 4 nitrogen and oxygen atoms in total. The van der Waals surface area contributed by atoms with Crippen LogP contribution < -0.4 is 10.3 Å². The number of amides is 1. The molecule has 0 aliphatic carbocycles. The Morgan fingerprint density at radius 1 is 1.32 bits per heavy atom. The zero-order valence-corrected chi connectivity index (χ0v) is 18.0. The van der Waals surface area contributed by atoms with Gasteiger partial charge in [0, 0.05) is 28.9 Å². The summed E-state index contributed by atoms with van der Waals surface area (Å²) < 4.78 is 0. The number of hydrogen-bond acceptors (Lipinski definition) is 3. The lowest BCUT2D eigenvalue weighted by atomic mass is 9.79. The molecule has 3 rings (SSSR count). The minimum atomic E-state index is -0.238. The second-order valence-corrected chi connectivity index (χ2v) is 8.57. The van der Waals surface area contributed by atoms with Crippen LogP contribution in [0.1, 0.15) is 67.1 Å². The molecule has 0 saturated carbocycles. The van der Waals surface area contributed by atoms with Crippen molar-refractivity contribution < 1.29 is 4.79 Å². The predicted molar refractivity (Wildman–Crippen MR) is 118 cm³/mol. The van der Waals surface area contributed by atoms with Gasteiger partial charge in [0.25, 0.3) is 5.91 Å². The Kier molecular flexibility index (Phi) is 5.80. The zero-order chi connectivity index (χ0) is 20.5. The second kappa shape index (κ2) is 7.96. The molecule has 1 amide bonds. The minimum absolute atomic E-state index is 0.0993. The Morgan fingerprint density at radius 2 is 2.00 bits per heavy atom. The molecule has 1 atom stereocenters. The molecule has 2 aromatic carbocycles. The van der Waals surface area contributed by atoms with Crippen LogP contribution >= 0.6 is 11.6 Å². The highest BCUT2D eigenvalue weighted by Crippen LogP contribution is 2.44. The van der Waals surface area contributed by atoms with Gasteiger partial charge in [-0.1, -0.05) is 36.2 Å². The minimum Gasteiger partial charge on any atom is -0.366 e. The van der Waals surface area contributed by atoms with Crippen LogP contribution in [0.25, 0.3) is 0 Å². The standard InChI is InChI=1S/C23H28ClN3O/c1-6-27-21-12-20(24)18(11-19(21)16(3)13-23(27,4)5)14-25-26-22(28)17-9-7-15(2)8-10-17/h7-12,14,16H,6,13H2,1-5H3,(H,26,28)/b25-14-. The number of anilines is 1. The van der Waals surface area contributed by atoms with E-state index in [4.69, 9.17) is 11.6 Å². The zero-order valence-electron chi connectivity index (χ0n) is 17.2. The molecule has 1 heterocycles. The maximum Gasteiger partial charge on any atom is 0.271 e. The van der Waals surface area contributed by atoms with Crippen LogP contribution in [0.4, 0.5) is 5.69 Å². The summed E-state index contributed by atoms with van der Waals surface area (Å²) in [4.78, 5) is 14.6. The molecular weight excluding hydrogens is 370 g/mol. The van der Waals surface area contributed by atoms with E-state index >= 15 is 0 Å².